The van der Waals surface area contributed by atoms with Crippen molar-refractivity contribution in [1.29, 1.82) is 0 Å². The minimum Gasteiger partial charge on any atom is -0.261 e. The van der Waals surface area contributed by atoms with E-state index in [1.165, 1.54) is 21.7 Å². The second-order valence-corrected chi connectivity index (χ2v) is 12.3. The van der Waals surface area contributed by atoms with Crippen LogP contribution in [0.3, 0.4) is 0 Å². The van der Waals surface area contributed by atoms with Crippen molar-refractivity contribution in [3.8, 4) is 11.1 Å². The van der Waals surface area contributed by atoms with Gasteiger partial charge in [-0.3, -0.25) is 4.99 Å². The lowest BCUT2D eigenvalue weighted by molar-refractivity contribution is 1.04. The maximum atomic E-state index is 5.22. The quantitative estimate of drug-likeness (QED) is 0.133. The summed E-state index contributed by atoms with van der Waals surface area (Å²) < 4.78 is 0. The van der Waals surface area contributed by atoms with Crippen LogP contribution in [0, 0.1) is 0 Å². The van der Waals surface area contributed by atoms with E-state index in [1.54, 1.807) is 0 Å². The Morgan fingerprint density at radius 2 is 1.31 bits per heavy atom. The van der Waals surface area contributed by atoms with Crippen molar-refractivity contribution >= 4 is 56.4 Å². The summed E-state index contributed by atoms with van der Waals surface area (Å²) in [5, 5.41) is 5.70. The lowest BCUT2D eigenvalue weighted by atomic mass is 9.95. The number of benzene rings is 6. The van der Waals surface area contributed by atoms with Crippen LogP contribution >= 0.6 is 0 Å². The summed E-state index contributed by atoms with van der Waals surface area (Å²) in [6.45, 7) is 4.38. The minimum atomic E-state index is 0.445. The van der Waals surface area contributed by atoms with E-state index in [0.717, 1.165) is 62.6 Å². The summed E-state index contributed by atoms with van der Waals surface area (Å²) in [5.41, 5.74) is 8.46. The van der Waals surface area contributed by atoms with Gasteiger partial charge in [0.15, 0.2) is 11.7 Å². The Labute approximate surface area is 286 Å². The van der Waals surface area contributed by atoms with Crippen LogP contribution in [0.15, 0.2) is 173 Å². The lowest BCUT2D eigenvalue weighted by Gasteiger charge is -2.12. The van der Waals surface area contributed by atoms with Gasteiger partial charge in [-0.15, -0.1) is 0 Å². The van der Waals surface area contributed by atoms with Crippen LogP contribution in [-0.2, 0) is 6.54 Å². The van der Waals surface area contributed by atoms with Crippen molar-refractivity contribution in [2.75, 3.05) is 0 Å². The molecule has 4 heteroatoms. The molecular formula is C45H34N4. The van der Waals surface area contributed by atoms with Gasteiger partial charge in [-0.05, 0) is 106 Å². The average Bonchev–Trinajstić information content (AvgIpc) is 3.17. The number of pyridine rings is 1. The monoisotopic (exact) mass is 630 g/mol. The highest BCUT2D eigenvalue weighted by atomic mass is 15.0. The molecule has 1 aromatic heterocycles. The molecule has 0 amide bonds. The number of hydrogen-bond acceptors (Lipinski definition) is 2. The van der Waals surface area contributed by atoms with Crippen molar-refractivity contribution < 1.29 is 0 Å². The summed E-state index contributed by atoms with van der Waals surface area (Å²) in [5.74, 6) is 1.12. The summed E-state index contributed by atoms with van der Waals surface area (Å²) in [4.78, 5) is 19.7. The van der Waals surface area contributed by atoms with E-state index in [9.17, 15) is 0 Å². The molecule has 0 saturated heterocycles. The molecule has 0 N–H and O–H groups in total. The van der Waals surface area contributed by atoms with Crippen LogP contribution in [0.5, 0.6) is 0 Å². The highest BCUT2D eigenvalue weighted by Crippen LogP contribution is 2.30. The highest BCUT2D eigenvalue weighted by molar-refractivity contribution is 6.14. The summed E-state index contributed by atoms with van der Waals surface area (Å²) >= 11 is 0. The Morgan fingerprint density at radius 1 is 0.633 bits per heavy atom. The molecule has 0 spiro atoms. The zero-order valence-corrected chi connectivity index (χ0v) is 27.1. The van der Waals surface area contributed by atoms with E-state index in [1.807, 2.05) is 18.2 Å². The molecular weight excluding hydrogens is 597 g/mol. The molecule has 0 fully saturated rings. The Kier molecular flexibility index (Phi) is 8.27. The van der Waals surface area contributed by atoms with Crippen molar-refractivity contribution in [2.45, 2.75) is 19.4 Å². The highest BCUT2D eigenvalue weighted by Gasteiger charge is 2.13. The largest absolute Gasteiger partial charge is 0.261 e. The first kappa shape index (κ1) is 30.1. The number of hydrogen-bond donors (Lipinski definition) is 0. The van der Waals surface area contributed by atoms with Gasteiger partial charge in [-0.1, -0.05) is 115 Å². The predicted octanol–water partition coefficient (Wildman–Crippen LogP) is 11.0. The number of aromatic nitrogens is 1. The zero-order chi connectivity index (χ0) is 33.0. The van der Waals surface area contributed by atoms with Gasteiger partial charge in [0, 0.05) is 16.5 Å². The molecule has 1 heterocycles. The van der Waals surface area contributed by atoms with Crippen molar-refractivity contribution in [2.24, 2.45) is 15.0 Å². The molecule has 0 saturated carbocycles. The Morgan fingerprint density at radius 3 is 2.08 bits per heavy atom. The molecule has 1 aliphatic carbocycles. The van der Waals surface area contributed by atoms with Gasteiger partial charge in [-0.25, -0.2) is 15.0 Å². The number of allylic oxidation sites excluding steroid dienone is 4. The number of aliphatic imine (C=N–C) groups is 3. The van der Waals surface area contributed by atoms with Crippen molar-refractivity contribution in [3.63, 3.8) is 0 Å². The predicted molar refractivity (Wildman–Crippen MR) is 208 cm³/mol. The van der Waals surface area contributed by atoms with Gasteiger partial charge in [-0.2, -0.15) is 0 Å². The Hall–Kier alpha value is -6.26. The van der Waals surface area contributed by atoms with Gasteiger partial charge in [0.25, 0.3) is 0 Å². The molecule has 8 rings (SSSR count). The maximum Gasteiger partial charge on any atom is 0.161 e. The van der Waals surface area contributed by atoms with Crippen molar-refractivity contribution in [1.82, 2.24) is 4.98 Å². The van der Waals surface area contributed by atoms with Crippen LogP contribution in [0.25, 0.3) is 49.1 Å². The van der Waals surface area contributed by atoms with E-state index in [4.69, 9.17) is 15.0 Å². The van der Waals surface area contributed by atoms with Gasteiger partial charge in [0.2, 0.25) is 0 Å². The van der Waals surface area contributed by atoms with Crippen molar-refractivity contribution in [3.05, 3.63) is 180 Å². The summed E-state index contributed by atoms with van der Waals surface area (Å²) in [6, 6.07) is 48.6. The van der Waals surface area contributed by atoms with E-state index >= 15 is 0 Å². The fourth-order valence-electron chi connectivity index (χ4n) is 6.54. The normalized spacial score (nSPS) is 13.6. The Bertz CT molecular complexity index is 2480. The fourth-order valence-corrected chi connectivity index (χ4v) is 6.54. The van der Waals surface area contributed by atoms with Crippen LogP contribution in [0.1, 0.15) is 35.2 Å². The molecule has 0 atom stereocenters. The maximum absolute atomic E-state index is 5.22. The summed E-state index contributed by atoms with van der Waals surface area (Å²) in [7, 11) is 0. The third-order valence-corrected chi connectivity index (χ3v) is 9.11. The molecule has 0 unspecified atom stereocenters. The first-order valence-electron chi connectivity index (χ1n) is 16.7. The van der Waals surface area contributed by atoms with Crippen LogP contribution in [0.2, 0.25) is 0 Å². The number of amidine groups is 2. The van der Waals surface area contributed by atoms with Gasteiger partial charge in [0.05, 0.1) is 17.8 Å². The SMILES string of the molecule is C=N/C(=N\C(=N/Cc1cc2ccccc2cc1-c1ccccc1)c1ccc2ccccc2c1)c1ccc2nc(C3=CC=CCC3)ccc2c1. The van der Waals surface area contributed by atoms with Gasteiger partial charge in [0.1, 0.15) is 0 Å². The van der Waals surface area contributed by atoms with Crippen LogP contribution in [0.4, 0.5) is 0 Å². The standard InChI is InChI=1S/C45H34N4/c1-46-44(38-23-25-43-37(28-38)22-24-42(48-43)33-15-6-3-7-16-33)49-45(39-21-20-31-12-8-9-17-34(31)26-39)47-30-40-27-35-18-10-11-19-36(35)29-41(40)32-13-4-2-5-14-32/h2-6,8-15,17-29H,1,7,16,30H2/b47-45-,49-44-. The van der Waals surface area contributed by atoms with E-state index in [2.05, 4.69) is 151 Å². The molecule has 1 aliphatic rings. The second-order valence-electron chi connectivity index (χ2n) is 12.3. The average molecular weight is 631 g/mol. The van der Waals surface area contributed by atoms with E-state index < -0.39 is 0 Å². The molecule has 0 radical (unpaired) electrons. The second kappa shape index (κ2) is 13.5. The molecule has 7 aromatic rings. The topological polar surface area (TPSA) is 50.0 Å². The van der Waals surface area contributed by atoms with Crippen LogP contribution < -0.4 is 0 Å². The van der Waals surface area contributed by atoms with Gasteiger partial charge >= 0.3 is 0 Å². The smallest absolute Gasteiger partial charge is 0.161 e. The first-order chi connectivity index (χ1) is 24.2. The molecule has 0 bridgehead atoms. The third kappa shape index (κ3) is 6.37. The Balaban J connectivity index is 1.23. The molecule has 4 nitrogen and oxygen atoms in total. The molecule has 0 aliphatic heterocycles. The number of fused-ring (bicyclic) bond motifs is 3. The first-order valence-corrected chi connectivity index (χ1v) is 16.7. The minimum absolute atomic E-state index is 0.445. The number of rotatable bonds is 6. The zero-order valence-electron chi connectivity index (χ0n) is 27.1. The van der Waals surface area contributed by atoms with E-state index in [-0.39, 0.29) is 0 Å². The van der Waals surface area contributed by atoms with Crippen LogP contribution in [-0.4, -0.2) is 23.4 Å². The molecule has 6 aromatic carbocycles. The van der Waals surface area contributed by atoms with E-state index in [0.29, 0.717) is 18.2 Å². The fraction of sp³-hybridized carbons (Fsp3) is 0.0667. The lowest BCUT2D eigenvalue weighted by Crippen LogP contribution is -2.06. The third-order valence-electron chi connectivity index (χ3n) is 9.11. The van der Waals surface area contributed by atoms with Gasteiger partial charge < -0.3 is 0 Å². The number of nitrogens with zero attached hydrogens (tertiary/aromatic N) is 4. The molecule has 49 heavy (non-hydrogen) atoms. The molecule has 234 valence electrons. The summed E-state index contributed by atoms with van der Waals surface area (Å²) in [6.07, 6.45) is 8.52.